The lowest BCUT2D eigenvalue weighted by atomic mass is 10.1. The van der Waals surface area contributed by atoms with Crippen molar-refractivity contribution in [1.82, 2.24) is 10.1 Å². The maximum Gasteiger partial charge on any atom is 0.252 e. The highest BCUT2D eigenvalue weighted by atomic mass is 32.1. The van der Waals surface area contributed by atoms with Gasteiger partial charge < -0.3 is 15.0 Å². The highest BCUT2D eigenvalue weighted by Crippen LogP contribution is 2.14. The predicted molar refractivity (Wildman–Crippen MR) is 64.3 cm³/mol. The Kier molecular flexibility index (Phi) is 3.56. The molecule has 0 aliphatic rings. The molecule has 92 valence electrons. The van der Waals surface area contributed by atoms with Gasteiger partial charge in [-0.1, -0.05) is 11.2 Å². The zero-order valence-electron chi connectivity index (χ0n) is 9.84. The quantitative estimate of drug-likeness (QED) is 0.882. The van der Waals surface area contributed by atoms with E-state index in [4.69, 9.17) is 15.0 Å². The third-order valence-electron chi connectivity index (χ3n) is 2.09. The minimum absolute atomic E-state index is 0.307. The molecule has 0 bridgehead atoms. The van der Waals surface area contributed by atoms with Gasteiger partial charge in [-0.05, 0) is 25.3 Å². The lowest BCUT2D eigenvalue weighted by Gasteiger charge is -2.11. The summed E-state index contributed by atoms with van der Waals surface area (Å²) in [5.74, 6) is 0.947. The van der Waals surface area contributed by atoms with Crippen molar-refractivity contribution in [2.75, 3.05) is 0 Å². The van der Waals surface area contributed by atoms with Crippen LogP contribution in [0.3, 0.4) is 0 Å². The van der Waals surface area contributed by atoms with Gasteiger partial charge in [-0.2, -0.15) is 4.98 Å². The average Bonchev–Trinajstić information content (AvgIpc) is 2.86. The van der Waals surface area contributed by atoms with Crippen molar-refractivity contribution >= 4 is 11.3 Å². The maximum absolute atomic E-state index is 5.85. The highest BCUT2D eigenvalue weighted by molar-refractivity contribution is 7.09. The van der Waals surface area contributed by atoms with Gasteiger partial charge in [-0.3, -0.25) is 0 Å². The van der Waals surface area contributed by atoms with E-state index in [1.165, 1.54) is 4.88 Å². The van der Waals surface area contributed by atoms with Crippen LogP contribution in [0.15, 0.2) is 22.0 Å². The molecule has 5 nitrogen and oxygen atoms in total. The van der Waals surface area contributed by atoms with Crippen LogP contribution in [-0.2, 0) is 23.5 Å². The van der Waals surface area contributed by atoms with Crippen molar-refractivity contribution in [3.63, 3.8) is 0 Å². The second-order valence-electron chi connectivity index (χ2n) is 4.31. The minimum Gasteiger partial charge on any atom is -0.366 e. The summed E-state index contributed by atoms with van der Waals surface area (Å²) >= 11 is 1.66. The van der Waals surface area contributed by atoms with Crippen molar-refractivity contribution in [1.29, 1.82) is 0 Å². The molecule has 0 aliphatic carbocycles. The van der Waals surface area contributed by atoms with E-state index in [1.54, 1.807) is 11.3 Å². The van der Waals surface area contributed by atoms with Gasteiger partial charge in [0, 0.05) is 4.88 Å². The lowest BCUT2D eigenvalue weighted by Crippen LogP contribution is -2.30. The van der Waals surface area contributed by atoms with E-state index in [9.17, 15) is 0 Å². The lowest BCUT2D eigenvalue weighted by molar-refractivity contribution is 0.0868. The third-order valence-corrected chi connectivity index (χ3v) is 2.94. The van der Waals surface area contributed by atoms with Gasteiger partial charge in [0.1, 0.15) is 6.61 Å². The Balaban J connectivity index is 1.85. The zero-order chi connectivity index (χ0) is 12.3. The molecule has 2 N–H and O–H groups in total. The number of nitrogens with two attached hydrogens (primary N) is 1. The molecule has 0 atom stereocenters. The first-order chi connectivity index (χ1) is 8.05. The van der Waals surface area contributed by atoms with Crippen LogP contribution in [0.2, 0.25) is 0 Å². The molecule has 0 radical (unpaired) electrons. The number of nitrogens with zero attached hydrogens (tertiary/aromatic N) is 2. The molecule has 2 aromatic heterocycles. The Bertz CT molecular complexity index is 459. The molecule has 0 saturated carbocycles. The SMILES string of the molecule is CC(C)(N)c1noc(COCc2cccs2)n1. The summed E-state index contributed by atoms with van der Waals surface area (Å²) < 4.78 is 10.5. The van der Waals surface area contributed by atoms with Crippen molar-refractivity contribution in [3.05, 3.63) is 34.1 Å². The van der Waals surface area contributed by atoms with Crippen molar-refractivity contribution in [2.24, 2.45) is 5.73 Å². The van der Waals surface area contributed by atoms with E-state index in [-0.39, 0.29) is 0 Å². The molecule has 2 aromatic rings. The first-order valence-electron chi connectivity index (χ1n) is 5.28. The van der Waals surface area contributed by atoms with E-state index in [0.717, 1.165) is 0 Å². The molecule has 17 heavy (non-hydrogen) atoms. The van der Waals surface area contributed by atoms with Crippen LogP contribution in [0, 0.1) is 0 Å². The Morgan fingerprint density at radius 1 is 1.47 bits per heavy atom. The summed E-state index contributed by atoms with van der Waals surface area (Å²) in [5.41, 5.74) is 5.26. The van der Waals surface area contributed by atoms with Crippen molar-refractivity contribution in [3.8, 4) is 0 Å². The topological polar surface area (TPSA) is 74.2 Å². The van der Waals surface area contributed by atoms with E-state index in [2.05, 4.69) is 10.1 Å². The Hall–Kier alpha value is -1.24. The molecule has 0 aliphatic heterocycles. The molecule has 0 fully saturated rings. The third kappa shape index (κ3) is 3.36. The van der Waals surface area contributed by atoms with Gasteiger partial charge in [0.2, 0.25) is 0 Å². The summed E-state index contributed by atoms with van der Waals surface area (Å²) in [6.45, 7) is 4.52. The second-order valence-corrected chi connectivity index (χ2v) is 5.34. The van der Waals surface area contributed by atoms with E-state index in [1.807, 2.05) is 31.4 Å². The fourth-order valence-electron chi connectivity index (χ4n) is 1.21. The molecule has 6 heteroatoms. The summed E-state index contributed by atoms with van der Waals surface area (Å²) in [4.78, 5) is 5.35. The monoisotopic (exact) mass is 253 g/mol. The standard InChI is InChI=1S/C11H15N3O2S/c1-11(2,12)10-13-9(16-14-10)7-15-6-8-4-3-5-17-8/h3-5H,6-7,12H2,1-2H3. The molecule has 0 aromatic carbocycles. The number of thiophene rings is 1. The molecule has 0 unspecified atom stereocenters. The molecule has 2 rings (SSSR count). The van der Waals surface area contributed by atoms with Gasteiger partial charge in [0.15, 0.2) is 5.82 Å². The molecule has 0 spiro atoms. The first-order valence-corrected chi connectivity index (χ1v) is 6.16. The van der Waals surface area contributed by atoms with Gasteiger partial charge in [0.25, 0.3) is 5.89 Å². The minimum atomic E-state index is -0.588. The fraction of sp³-hybridized carbons (Fsp3) is 0.455. The summed E-state index contributed by atoms with van der Waals surface area (Å²) in [7, 11) is 0. The number of rotatable bonds is 5. The highest BCUT2D eigenvalue weighted by Gasteiger charge is 2.21. The van der Waals surface area contributed by atoms with Crippen LogP contribution < -0.4 is 5.73 Å². The number of hydrogen-bond donors (Lipinski definition) is 1. The van der Waals surface area contributed by atoms with E-state index >= 15 is 0 Å². The molecule has 0 amide bonds. The van der Waals surface area contributed by atoms with Crippen LogP contribution >= 0.6 is 11.3 Å². The van der Waals surface area contributed by atoms with Crippen molar-refractivity contribution in [2.45, 2.75) is 32.6 Å². The van der Waals surface area contributed by atoms with Gasteiger partial charge in [-0.25, -0.2) is 0 Å². The largest absolute Gasteiger partial charge is 0.366 e. The zero-order valence-corrected chi connectivity index (χ0v) is 10.7. The number of hydrogen-bond acceptors (Lipinski definition) is 6. The van der Waals surface area contributed by atoms with Crippen LogP contribution in [0.25, 0.3) is 0 Å². The van der Waals surface area contributed by atoms with E-state index < -0.39 is 5.54 Å². The van der Waals surface area contributed by atoms with Crippen LogP contribution in [0.1, 0.15) is 30.4 Å². The Morgan fingerprint density at radius 3 is 2.88 bits per heavy atom. The van der Waals surface area contributed by atoms with Gasteiger partial charge in [-0.15, -0.1) is 11.3 Å². The molecule has 2 heterocycles. The van der Waals surface area contributed by atoms with Gasteiger partial charge >= 0.3 is 0 Å². The van der Waals surface area contributed by atoms with Crippen LogP contribution in [0.4, 0.5) is 0 Å². The first kappa shape index (κ1) is 12.2. The summed E-state index contributed by atoms with van der Waals surface area (Å²) in [6.07, 6.45) is 0. The summed E-state index contributed by atoms with van der Waals surface area (Å²) in [5, 5.41) is 5.83. The second kappa shape index (κ2) is 4.95. The normalized spacial score (nSPS) is 11.9. The number of ether oxygens (including phenoxy) is 1. The average molecular weight is 253 g/mol. The Labute approximate surface area is 104 Å². The fourth-order valence-corrected chi connectivity index (χ4v) is 1.85. The number of aromatic nitrogens is 2. The Morgan fingerprint density at radius 2 is 2.29 bits per heavy atom. The van der Waals surface area contributed by atoms with Crippen molar-refractivity contribution < 1.29 is 9.26 Å². The molecular weight excluding hydrogens is 238 g/mol. The maximum atomic E-state index is 5.85. The predicted octanol–water partition coefficient (Wildman–Crippen LogP) is 2.04. The molecular formula is C11H15N3O2S. The van der Waals surface area contributed by atoms with Crippen LogP contribution in [-0.4, -0.2) is 10.1 Å². The smallest absolute Gasteiger partial charge is 0.252 e. The summed E-state index contributed by atoms with van der Waals surface area (Å²) in [6, 6.07) is 4.01. The molecule has 0 saturated heterocycles. The van der Waals surface area contributed by atoms with E-state index in [0.29, 0.717) is 24.9 Å². The van der Waals surface area contributed by atoms with Crippen LogP contribution in [0.5, 0.6) is 0 Å². The van der Waals surface area contributed by atoms with Gasteiger partial charge in [0.05, 0.1) is 12.1 Å².